The molecule has 0 aliphatic heterocycles. The van der Waals surface area contributed by atoms with Gasteiger partial charge in [-0.3, -0.25) is 0 Å². The molecule has 3 rings (SSSR count). The van der Waals surface area contributed by atoms with Gasteiger partial charge in [0.05, 0.1) is 17.2 Å². The van der Waals surface area contributed by atoms with Gasteiger partial charge in [-0.05, 0) is 19.1 Å². The quantitative estimate of drug-likeness (QED) is 0.707. The summed E-state index contributed by atoms with van der Waals surface area (Å²) in [5, 5.41) is 13.1. The summed E-state index contributed by atoms with van der Waals surface area (Å²) in [6, 6.07) is 17.2. The molecule has 96 valence electrons. The summed E-state index contributed by atoms with van der Waals surface area (Å²) in [6.45, 7) is 2.02. The Kier molecular flexibility index (Phi) is 3.02. The van der Waals surface area contributed by atoms with Crippen molar-refractivity contribution in [1.29, 1.82) is 5.26 Å². The van der Waals surface area contributed by atoms with E-state index in [4.69, 9.17) is 9.78 Å². The molecule has 0 bridgehead atoms. The van der Waals surface area contributed by atoms with Crippen molar-refractivity contribution in [2.75, 3.05) is 0 Å². The van der Waals surface area contributed by atoms with Crippen LogP contribution in [0.2, 0.25) is 0 Å². The Balaban J connectivity index is 2.02. The van der Waals surface area contributed by atoms with Crippen LogP contribution in [0.4, 0.5) is 0 Å². The van der Waals surface area contributed by atoms with Crippen LogP contribution in [0.25, 0.3) is 22.8 Å². The molecular formula is C16H11N3O. The van der Waals surface area contributed by atoms with Gasteiger partial charge in [0.15, 0.2) is 0 Å². The van der Waals surface area contributed by atoms with E-state index in [0.29, 0.717) is 22.8 Å². The molecule has 0 fully saturated rings. The number of hydrogen-bond donors (Lipinski definition) is 0. The number of aromatic nitrogens is 2. The summed E-state index contributed by atoms with van der Waals surface area (Å²) in [4.78, 5) is 4.36. The molecule has 3 aromatic rings. The number of benzene rings is 2. The lowest BCUT2D eigenvalue weighted by molar-refractivity contribution is 0.432. The molecule has 0 N–H and O–H groups in total. The third kappa shape index (κ3) is 2.17. The molecule has 4 heteroatoms. The van der Waals surface area contributed by atoms with E-state index in [9.17, 15) is 0 Å². The first-order valence-corrected chi connectivity index (χ1v) is 6.18. The average molecular weight is 261 g/mol. The molecule has 20 heavy (non-hydrogen) atoms. The SMILES string of the molecule is Cc1ccc(-c2noc(-c3ccccc3C#N)n2)cc1. The highest BCUT2D eigenvalue weighted by Gasteiger charge is 2.13. The molecule has 0 atom stereocenters. The van der Waals surface area contributed by atoms with Crippen LogP contribution in [-0.2, 0) is 0 Å². The van der Waals surface area contributed by atoms with Gasteiger partial charge in [0, 0.05) is 5.56 Å². The maximum Gasteiger partial charge on any atom is 0.259 e. The van der Waals surface area contributed by atoms with Crippen molar-refractivity contribution in [3.63, 3.8) is 0 Å². The van der Waals surface area contributed by atoms with Gasteiger partial charge in [0.1, 0.15) is 0 Å². The van der Waals surface area contributed by atoms with Gasteiger partial charge < -0.3 is 4.52 Å². The van der Waals surface area contributed by atoms with E-state index in [1.807, 2.05) is 37.3 Å². The Labute approximate surface area is 116 Å². The predicted molar refractivity (Wildman–Crippen MR) is 74.6 cm³/mol. The topological polar surface area (TPSA) is 62.7 Å². The van der Waals surface area contributed by atoms with Crippen LogP contribution in [0.5, 0.6) is 0 Å². The fourth-order valence-electron chi connectivity index (χ4n) is 1.92. The van der Waals surface area contributed by atoms with Gasteiger partial charge >= 0.3 is 0 Å². The van der Waals surface area contributed by atoms with Crippen molar-refractivity contribution in [3.05, 3.63) is 59.7 Å². The van der Waals surface area contributed by atoms with Crippen molar-refractivity contribution in [2.24, 2.45) is 0 Å². The molecule has 0 spiro atoms. The van der Waals surface area contributed by atoms with Crippen LogP contribution in [0.1, 0.15) is 11.1 Å². The molecule has 0 saturated carbocycles. The highest BCUT2D eigenvalue weighted by molar-refractivity contribution is 5.65. The lowest BCUT2D eigenvalue weighted by Gasteiger charge is -1.96. The Morgan fingerprint density at radius 2 is 1.80 bits per heavy atom. The van der Waals surface area contributed by atoms with Gasteiger partial charge in [-0.2, -0.15) is 10.2 Å². The van der Waals surface area contributed by atoms with Gasteiger partial charge in [-0.1, -0.05) is 47.1 Å². The second-order valence-electron chi connectivity index (χ2n) is 4.45. The van der Waals surface area contributed by atoms with Crippen molar-refractivity contribution < 1.29 is 4.52 Å². The average Bonchev–Trinajstić information content (AvgIpc) is 2.97. The highest BCUT2D eigenvalue weighted by Crippen LogP contribution is 2.24. The second kappa shape index (κ2) is 4.98. The summed E-state index contributed by atoms with van der Waals surface area (Å²) >= 11 is 0. The second-order valence-corrected chi connectivity index (χ2v) is 4.45. The number of aryl methyl sites for hydroxylation is 1. The summed E-state index contributed by atoms with van der Waals surface area (Å²) in [6.07, 6.45) is 0. The highest BCUT2D eigenvalue weighted by atomic mass is 16.5. The minimum absolute atomic E-state index is 0.359. The van der Waals surface area contributed by atoms with Gasteiger partial charge in [0.2, 0.25) is 5.82 Å². The largest absolute Gasteiger partial charge is 0.334 e. The zero-order valence-electron chi connectivity index (χ0n) is 10.9. The molecule has 1 heterocycles. The molecule has 0 amide bonds. The molecule has 0 radical (unpaired) electrons. The molecule has 0 aliphatic rings. The molecular weight excluding hydrogens is 250 g/mol. The van der Waals surface area contributed by atoms with Crippen LogP contribution >= 0.6 is 0 Å². The fraction of sp³-hybridized carbons (Fsp3) is 0.0625. The van der Waals surface area contributed by atoms with E-state index in [-0.39, 0.29) is 0 Å². The Hall–Kier alpha value is -2.93. The van der Waals surface area contributed by atoms with E-state index in [1.165, 1.54) is 5.56 Å². The van der Waals surface area contributed by atoms with Crippen LogP contribution in [-0.4, -0.2) is 10.1 Å². The molecule has 1 aromatic heterocycles. The van der Waals surface area contributed by atoms with Crippen LogP contribution in [0, 0.1) is 18.3 Å². The minimum atomic E-state index is 0.359. The van der Waals surface area contributed by atoms with Crippen LogP contribution in [0.3, 0.4) is 0 Å². The van der Waals surface area contributed by atoms with E-state index in [2.05, 4.69) is 16.2 Å². The first-order valence-electron chi connectivity index (χ1n) is 6.18. The number of nitriles is 1. The number of hydrogen-bond acceptors (Lipinski definition) is 4. The smallest absolute Gasteiger partial charge is 0.259 e. The predicted octanol–water partition coefficient (Wildman–Crippen LogP) is 3.58. The van der Waals surface area contributed by atoms with E-state index >= 15 is 0 Å². The zero-order chi connectivity index (χ0) is 13.9. The monoisotopic (exact) mass is 261 g/mol. The Bertz CT molecular complexity index is 782. The summed E-state index contributed by atoms with van der Waals surface area (Å²) in [5.41, 5.74) is 3.24. The summed E-state index contributed by atoms with van der Waals surface area (Å²) < 4.78 is 5.27. The van der Waals surface area contributed by atoms with E-state index < -0.39 is 0 Å². The lowest BCUT2D eigenvalue weighted by atomic mass is 10.1. The molecule has 0 saturated heterocycles. The summed E-state index contributed by atoms with van der Waals surface area (Å²) in [5.74, 6) is 0.880. The van der Waals surface area contributed by atoms with Gasteiger partial charge in [0.25, 0.3) is 5.89 Å². The van der Waals surface area contributed by atoms with E-state index in [1.54, 1.807) is 18.2 Å². The number of nitrogens with zero attached hydrogens (tertiary/aromatic N) is 3. The molecule has 0 aliphatic carbocycles. The van der Waals surface area contributed by atoms with Crippen molar-refractivity contribution in [1.82, 2.24) is 10.1 Å². The Morgan fingerprint density at radius 3 is 2.55 bits per heavy atom. The van der Waals surface area contributed by atoms with Crippen LogP contribution in [0.15, 0.2) is 53.1 Å². The zero-order valence-corrected chi connectivity index (χ0v) is 10.9. The lowest BCUT2D eigenvalue weighted by Crippen LogP contribution is -1.84. The first kappa shape index (κ1) is 12.1. The molecule has 2 aromatic carbocycles. The Morgan fingerprint density at radius 1 is 1.05 bits per heavy atom. The van der Waals surface area contributed by atoms with Crippen LogP contribution < -0.4 is 0 Å². The van der Waals surface area contributed by atoms with Crippen molar-refractivity contribution in [2.45, 2.75) is 6.92 Å². The fourth-order valence-corrected chi connectivity index (χ4v) is 1.92. The molecule has 0 unspecified atom stereocenters. The van der Waals surface area contributed by atoms with Gasteiger partial charge in [-0.15, -0.1) is 0 Å². The van der Waals surface area contributed by atoms with Gasteiger partial charge in [-0.25, -0.2) is 0 Å². The normalized spacial score (nSPS) is 10.2. The summed E-state index contributed by atoms with van der Waals surface area (Å²) in [7, 11) is 0. The number of rotatable bonds is 2. The molecule has 4 nitrogen and oxygen atoms in total. The first-order chi connectivity index (χ1) is 9.78. The standard InChI is InChI=1S/C16H11N3O/c1-11-6-8-12(9-7-11)15-18-16(20-19-15)14-5-3-2-4-13(14)10-17/h2-9H,1H3. The maximum atomic E-state index is 9.09. The van der Waals surface area contributed by atoms with E-state index in [0.717, 1.165) is 5.56 Å². The maximum absolute atomic E-state index is 9.09. The third-order valence-electron chi connectivity index (χ3n) is 3.01. The van der Waals surface area contributed by atoms with Crippen molar-refractivity contribution in [3.8, 4) is 28.9 Å². The minimum Gasteiger partial charge on any atom is -0.334 e. The van der Waals surface area contributed by atoms with Crippen molar-refractivity contribution >= 4 is 0 Å². The third-order valence-corrected chi connectivity index (χ3v) is 3.01.